The van der Waals surface area contributed by atoms with Crippen molar-refractivity contribution in [3.8, 4) is 5.75 Å². The number of likely N-dealkylation sites (N-methyl/N-ethyl adjacent to an activating group) is 1. The van der Waals surface area contributed by atoms with E-state index in [0.29, 0.717) is 51.4 Å². The molecule has 4 aromatic rings. The molecule has 2 aromatic heterocycles. The fourth-order valence-electron chi connectivity index (χ4n) is 5.56. The molecule has 3 atom stereocenters. The number of fused-ring (bicyclic) bond motifs is 1. The van der Waals surface area contributed by atoms with Gasteiger partial charge in [0.05, 0.1) is 40.8 Å². The third kappa shape index (κ3) is 8.64. The van der Waals surface area contributed by atoms with Crippen molar-refractivity contribution in [2.45, 2.75) is 50.0 Å². The summed E-state index contributed by atoms with van der Waals surface area (Å²) in [7, 11) is 3.56. The average molecular weight is 675 g/mol. The second kappa shape index (κ2) is 16.1. The highest BCUT2D eigenvalue weighted by Gasteiger charge is 2.29. The Morgan fingerprint density at radius 1 is 1.13 bits per heavy atom. The van der Waals surface area contributed by atoms with Crippen LogP contribution < -0.4 is 26.2 Å². The van der Waals surface area contributed by atoms with Crippen LogP contribution in [0.1, 0.15) is 49.7 Å². The van der Waals surface area contributed by atoms with Gasteiger partial charge in [0.15, 0.2) is 5.16 Å². The molecular weight excluding hydrogens is 632 g/mol. The van der Waals surface area contributed by atoms with Crippen LogP contribution in [-0.4, -0.2) is 52.1 Å². The molecule has 1 unspecified atom stereocenters. The first-order valence-corrected chi connectivity index (χ1v) is 16.9. The number of hydrogen-bond acceptors (Lipinski definition) is 9. The van der Waals surface area contributed by atoms with Crippen LogP contribution >= 0.6 is 23.4 Å². The maximum Gasteiger partial charge on any atom is 0.264 e. The van der Waals surface area contributed by atoms with Crippen molar-refractivity contribution in [2.75, 3.05) is 37.6 Å². The van der Waals surface area contributed by atoms with Gasteiger partial charge in [-0.15, -0.1) is 0 Å². The molecule has 0 spiro atoms. The van der Waals surface area contributed by atoms with Crippen molar-refractivity contribution in [1.82, 2.24) is 19.9 Å². The number of pyridine rings is 1. The molecule has 47 heavy (non-hydrogen) atoms. The predicted octanol–water partition coefficient (Wildman–Crippen LogP) is 7.25. The van der Waals surface area contributed by atoms with E-state index in [-0.39, 0.29) is 5.56 Å². The first-order valence-electron chi connectivity index (χ1n) is 15.3. The van der Waals surface area contributed by atoms with Gasteiger partial charge >= 0.3 is 0 Å². The van der Waals surface area contributed by atoms with Gasteiger partial charge in [-0.05, 0) is 81.8 Å². The fourth-order valence-corrected chi connectivity index (χ4v) is 6.19. The van der Waals surface area contributed by atoms with Crippen LogP contribution in [0.5, 0.6) is 5.75 Å². The van der Waals surface area contributed by atoms with Gasteiger partial charge in [0.25, 0.3) is 5.56 Å². The molecule has 11 heteroatoms. The number of hydrogen-bond donors (Lipinski definition) is 4. The number of aliphatic hydroxyl groups is 1. The normalized spacial score (nSPS) is 14.3. The summed E-state index contributed by atoms with van der Waals surface area (Å²) in [6.45, 7) is 10.1. The molecule has 248 valence electrons. The average Bonchev–Trinajstić information content (AvgIpc) is 3.03. The lowest BCUT2D eigenvalue weighted by Crippen LogP contribution is -2.46. The maximum atomic E-state index is 13.8. The first kappa shape index (κ1) is 35.8. The Balaban J connectivity index is 1.80. The van der Waals surface area contributed by atoms with Gasteiger partial charge in [-0.3, -0.25) is 9.36 Å². The Bertz CT molecular complexity index is 1820. The van der Waals surface area contributed by atoms with Crippen molar-refractivity contribution in [3.63, 3.8) is 0 Å². The number of allylic oxidation sites excluding steroid dienone is 4. The van der Waals surface area contributed by atoms with Gasteiger partial charge in [0.1, 0.15) is 17.4 Å². The lowest BCUT2D eigenvalue weighted by atomic mass is 9.92. The van der Waals surface area contributed by atoms with Gasteiger partial charge in [-0.1, -0.05) is 72.4 Å². The fraction of sp³-hybridized carbons (Fsp3) is 0.306. The number of halogens is 1. The SMILES string of the molecule is C=C/C=C\C=C\n1c([C@H](C)Nc2nc(SC)nc(NC(C)(CNC)Cc3ccc(OC)cc3)c2[C@H](C)O)cc2cccc(Cl)c2c1=O. The molecule has 0 aliphatic rings. The second-order valence-electron chi connectivity index (χ2n) is 11.5. The highest BCUT2D eigenvalue weighted by atomic mass is 35.5. The summed E-state index contributed by atoms with van der Waals surface area (Å²) < 4.78 is 6.92. The minimum Gasteiger partial charge on any atom is -0.497 e. The van der Waals surface area contributed by atoms with Crippen LogP contribution in [0.2, 0.25) is 5.02 Å². The number of nitrogens with zero attached hydrogens (tertiary/aromatic N) is 3. The molecule has 4 N–H and O–H groups in total. The summed E-state index contributed by atoms with van der Waals surface area (Å²) in [6.07, 6.45) is 10.4. The van der Waals surface area contributed by atoms with Crippen LogP contribution in [0.25, 0.3) is 17.0 Å². The van der Waals surface area contributed by atoms with E-state index in [1.165, 1.54) is 11.8 Å². The Morgan fingerprint density at radius 2 is 1.85 bits per heavy atom. The number of rotatable bonds is 15. The second-order valence-corrected chi connectivity index (χ2v) is 12.7. The molecule has 0 radical (unpaired) electrons. The Labute approximate surface area is 285 Å². The molecule has 2 heterocycles. The smallest absolute Gasteiger partial charge is 0.264 e. The zero-order chi connectivity index (χ0) is 34.1. The number of methoxy groups -OCH3 is 1. The third-order valence-corrected chi connectivity index (χ3v) is 8.58. The van der Waals surface area contributed by atoms with E-state index in [9.17, 15) is 9.90 Å². The Kier molecular flexibility index (Phi) is 12.3. The van der Waals surface area contributed by atoms with Crippen LogP contribution in [0.4, 0.5) is 11.6 Å². The Hall–Kier alpha value is -4.09. The standard InChI is InChI=1S/C36H43ClN6O3S/c1-8-9-10-11-19-43-29(20-26-13-12-14-28(37)31(26)34(43)45)23(2)39-32-30(24(3)44)33(41-35(40-32)47-7)42-36(4,22-38-5)21-25-15-17-27(46-6)18-16-25/h8-20,23-24,38,44H,1,21-22H2,2-7H3,(H2,39,40,41,42)/b10-9-,19-11+/t23-,24-,36?/m0/s1. The first-order chi connectivity index (χ1) is 22.5. The number of aliphatic hydroxyl groups excluding tert-OH is 1. The monoisotopic (exact) mass is 674 g/mol. The lowest BCUT2D eigenvalue weighted by molar-refractivity contribution is 0.199. The van der Waals surface area contributed by atoms with Crippen molar-refractivity contribution < 1.29 is 9.84 Å². The molecule has 9 nitrogen and oxygen atoms in total. The number of ether oxygens (including phenoxy) is 1. The van der Waals surface area contributed by atoms with E-state index in [1.54, 1.807) is 55.2 Å². The van der Waals surface area contributed by atoms with E-state index in [0.717, 1.165) is 16.7 Å². The molecule has 4 rings (SSSR count). The highest BCUT2D eigenvalue weighted by Crippen LogP contribution is 2.35. The van der Waals surface area contributed by atoms with Crippen molar-refractivity contribution in [3.05, 3.63) is 112 Å². The predicted molar refractivity (Wildman–Crippen MR) is 197 cm³/mol. The maximum absolute atomic E-state index is 13.8. The molecule has 0 saturated heterocycles. The number of benzene rings is 2. The summed E-state index contributed by atoms with van der Waals surface area (Å²) in [5.41, 5.74) is 1.59. The highest BCUT2D eigenvalue weighted by molar-refractivity contribution is 7.98. The van der Waals surface area contributed by atoms with Crippen molar-refractivity contribution in [2.24, 2.45) is 0 Å². The van der Waals surface area contributed by atoms with Crippen LogP contribution in [0.3, 0.4) is 0 Å². The number of nitrogens with one attached hydrogen (secondary N) is 3. The van der Waals surface area contributed by atoms with Crippen LogP contribution in [0.15, 0.2) is 89.4 Å². The summed E-state index contributed by atoms with van der Waals surface area (Å²) in [5.74, 6) is 1.78. The van der Waals surface area contributed by atoms with Crippen LogP contribution in [-0.2, 0) is 6.42 Å². The lowest BCUT2D eigenvalue weighted by Gasteiger charge is -2.33. The number of anilines is 2. The van der Waals surface area contributed by atoms with E-state index in [2.05, 4.69) is 29.5 Å². The van der Waals surface area contributed by atoms with Gasteiger partial charge in [-0.2, -0.15) is 0 Å². The summed E-state index contributed by atoms with van der Waals surface area (Å²) >= 11 is 7.88. The minimum absolute atomic E-state index is 0.244. The molecule has 0 fully saturated rings. The number of aromatic nitrogens is 3. The van der Waals surface area contributed by atoms with Gasteiger partial charge in [-0.25, -0.2) is 9.97 Å². The zero-order valence-electron chi connectivity index (χ0n) is 27.7. The third-order valence-electron chi connectivity index (χ3n) is 7.72. The van der Waals surface area contributed by atoms with Gasteiger partial charge < -0.3 is 25.8 Å². The van der Waals surface area contributed by atoms with E-state index in [4.69, 9.17) is 26.3 Å². The molecule has 0 amide bonds. The molecule has 0 bridgehead atoms. The largest absolute Gasteiger partial charge is 0.497 e. The topological polar surface area (TPSA) is 113 Å². The van der Waals surface area contributed by atoms with E-state index in [1.807, 2.05) is 62.7 Å². The number of thioether (sulfide) groups is 1. The Morgan fingerprint density at radius 3 is 2.49 bits per heavy atom. The summed E-state index contributed by atoms with van der Waals surface area (Å²) in [6, 6.07) is 14.9. The quantitative estimate of drug-likeness (QED) is 0.0588. The van der Waals surface area contributed by atoms with E-state index >= 15 is 0 Å². The van der Waals surface area contributed by atoms with Gasteiger partial charge in [0, 0.05) is 18.4 Å². The zero-order valence-corrected chi connectivity index (χ0v) is 29.2. The molecule has 0 saturated carbocycles. The van der Waals surface area contributed by atoms with Crippen LogP contribution in [0, 0.1) is 0 Å². The van der Waals surface area contributed by atoms with Crippen molar-refractivity contribution in [1.29, 1.82) is 0 Å². The van der Waals surface area contributed by atoms with Gasteiger partial charge in [0.2, 0.25) is 0 Å². The molecule has 2 aromatic carbocycles. The molecule has 0 aliphatic heterocycles. The van der Waals surface area contributed by atoms with E-state index < -0.39 is 17.7 Å². The summed E-state index contributed by atoms with van der Waals surface area (Å²) in [5, 5.41) is 23.7. The molecular formula is C36H43ClN6O3S. The molecule has 0 aliphatic carbocycles. The minimum atomic E-state index is -0.913. The summed E-state index contributed by atoms with van der Waals surface area (Å²) in [4.78, 5) is 23.4. The van der Waals surface area contributed by atoms with Crippen molar-refractivity contribution >= 4 is 52.0 Å².